The van der Waals surface area contributed by atoms with E-state index in [0.717, 1.165) is 0 Å². The van der Waals surface area contributed by atoms with Crippen molar-refractivity contribution in [2.75, 3.05) is 0 Å². The van der Waals surface area contributed by atoms with E-state index in [1.54, 1.807) is 36.4 Å². The van der Waals surface area contributed by atoms with E-state index in [4.69, 9.17) is 0 Å². The molecule has 2 aromatic carbocycles. The predicted molar refractivity (Wildman–Crippen MR) is 72.0 cm³/mol. The van der Waals surface area contributed by atoms with E-state index < -0.39 is 17.5 Å². The van der Waals surface area contributed by atoms with E-state index in [2.05, 4.69) is 10.6 Å². The van der Waals surface area contributed by atoms with Crippen molar-refractivity contribution in [3.63, 3.8) is 0 Å². The number of urea groups is 1. The Bertz CT molecular complexity index is 685. The quantitative estimate of drug-likeness (QED) is 0.722. The zero-order chi connectivity index (χ0) is 14.2. The highest BCUT2D eigenvalue weighted by molar-refractivity contribution is 6.09. The lowest BCUT2D eigenvalue weighted by Gasteiger charge is -2.27. The number of aromatic hydroxyl groups is 1. The fourth-order valence-electron chi connectivity index (χ4n) is 2.46. The van der Waals surface area contributed by atoms with Gasteiger partial charge in [-0.05, 0) is 23.3 Å². The molecule has 1 saturated heterocycles. The normalized spacial score (nSPS) is 21.4. The van der Waals surface area contributed by atoms with Gasteiger partial charge in [-0.2, -0.15) is 0 Å². The molecule has 1 atom stereocenters. The summed E-state index contributed by atoms with van der Waals surface area (Å²) in [5.41, 5.74) is -0.169. The third kappa shape index (κ3) is 1.72. The van der Waals surface area contributed by atoms with Gasteiger partial charge >= 0.3 is 6.03 Å². The largest absolute Gasteiger partial charge is 0.508 e. The second kappa shape index (κ2) is 4.38. The van der Waals surface area contributed by atoms with E-state index in [-0.39, 0.29) is 5.75 Å². The van der Waals surface area contributed by atoms with Crippen molar-refractivity contribution in [2.24, 2.45) is 0 Å². The minimum atomic E-state index is -1.31. The summed E-state index contributed by atoms with van der Waals surface area (Å²) >= 11 is 0. The van der Waals surface area contributed by atoms with Crippen molar-refractivity contribution in [2.45, 2.75) is 5.54 Å². The third-order valence-corrected chi connectivity index (χ3v) is 3.35. The van der Waals surface area contributed by atoms with Crippen LogP contribution in [0.1, 0.15) is 11.1 Å². The molecule has 0 radical (unpaired) electrons. The lowest BCUT2D eigenvalue weighted by atomic mass is 9.83. The zero-order valence-corrected chi connectivity index (χ0v) is 10.5. The number of carbonyl (C=O) groups is 2. The van der Waals surface area contributed by atoms with Crippen LogP contribution >= 0.6 is 0 Å². The summed E-state index contributed by atoms with van der Waals surface area (Å²) in [5, 5.41) is 14.6. The fourth-order valence-corrected chi connectivity index (χ4v) is 2.46. The first-order valence-electron chi connectivity index (χ1n) is 6.11. The minimum absolute atomic E-state index is 0.0340. The van der Waals surface area contributed by atoms with Crippen LogP contribution in [-0.4, -0.2) is 17.0 Å². The van der Waals surface area contributed by atoms with Gasteiger partial charge in [0.05, 0.1) is 0 Å². The number of benzene rings is 2. The molecule has 0 bridgehead atoms. The number of imide groups is 1. The average Bonchev–Trinajstić information content (AvgIpc) is 2.75. The zero-order valence-electron chi connectivity index (χ0n) is 10.5. The molecule has 5 heteroatoms. The molecule has 1 aliphatic rings. The summed E-state index contributed by atoms with van der Waals surface area (Å²) in [6.07, 6.45) is 0. The van der Waals surface area contributed by atoms with Gasteiger partial charge in [0.2, 0.25) is 0 Å². The van der Waals surface area contributed by atoms with Crippen LogP contribution < -0.4 is 10.6 Å². The van der Waals surface area contributed by atoms with Crippen molar-refractivity contribution in [1.29, 1.82) is 0 Å². The van der Waals surface area contributed by atoms with Crippen LogP contribution in [0.3, 0.4) is 0 Å². The molecule has 0 unspecified atom stereocenters. The topological polar surface area (TPSA) is 78.4 Å². The SMILES string of the molecule is O=C1NC(=O)[C@](c2ccccc2)(c2cccc(O)c2)N1. The van der Waals surface area contributed by atoms with Gasteiger partial charge in [0.1, 0.15) is 5.75 Å². The number of carbonyl (C=O) groups excluding carboxylic acids is 2. The first-order chi connectivity index (χ1) is 9.63. The number of hydrogen-bond donors (Lipinski definition) is 3. The third-order valence-electron chi connectivity index (χ3n) is 3.35. The number of phenolic OH excluding ortho intramolecular Hbond substituents is 1. The Morgan fingerprint density at radius 1 is 0.900 bits per heavy atom. The van der Waals surface area contributed by atoms with E-state index in [1.807, 2.05) is 6.07 Å². The molecule has 1 aliphatic heterocycles. The molecular weight excluding hydrogens is 256 g/mol. The minimum Gasteiger partial charge on any atom is -0.508 e. The van der Waals surface area contributed by atoms with Gasteiger partial charge in [-0.15, -0.1) is 0 Å². The van der Waals surface area contributed by atoms with Crippen molar-refractivity contribution in [3.05, 3.63) is 65.7 Å². The van der Waals surface area contributed by atoms with Gasteiger partial charge in [-0.25, -0.2) is 4.79 Å². The average molecular weight is 268 g/mol. The summed E-state index contributed by atoms with van der Waals surface area (Å²) in [4.78, 5) is 23.9. The molecule has 100 valence electrons. The molecule has 2 aromatic rings. The smallest absolute Gasteiger partial charge is 0.322 e. The van der Waals surface area contributed by atoms with Gasteiger partial charge in [0.15, 0.2) is 5.54 Å². The van der Waals surface area contributed by atoms with Crippen LogP contribution in [0.5, 0.6) is 5.75 Å². The maximum Gasteiger partial charge on any atom is 0.322 e. The highest BCUT2D eigenvalue weighted by atomic mass is 16.3. The summed E-state index contributed by atoms with van der Waals surface area (Å²) in [6.45, 7) is 0. The van der Waals surface area contributed by atoms with Crippen LogP contribution in [-0.2, 0) is 10.3 Å². The number of amides is 3. The number of phenols is 1. The molecule has 0 spiro atoms. The number of rotatable bonds is 2. The van der Waals surface area contributed by atoms with Crippen LogP contribution in [0.2, 0.25) is 0 Å². The highest BCUT2D eigenvalue weighted by Crippen LogP contribution is 2.33. The van der Waals surface area contributed by atoms with Gasteiger partial charge in [0.25, 0.3) is 5.91 Å². The lowest BCUT2D eigenvalue weighted by Crippen LogP contribution is -2.44. The number of hydrogen-bond acceptors (Lipinski definition) is 3. The van der Waals surface area contributed by atoms with Crippen molar-refractivity contribution in [1.82, 2.24) is 10.6 Å². The molecule has 1 heterocycles. The predicted octanol–water partition coefficient (Wildman–Crippen LogP) is 1.48. The Labute approximate surface area is 115 Å². The maximum atomic E-state index is 12.3. The monoisotopic (exact) mass is 268 g/mol. The van der Waals surface area contributed by atoms with Crippen LogP contribution in [0, 0.1) is 0 Å². The molecule has 3 N–H and O–H groups in total. The van der Waals surface area contributed by atoms with E-state index >= 15 is 0 Å². The number of nitrogens with one attached hydrogen (secondary N) is 2. The Hall–Kier alpha value is -2.82. The van der Waals surface area contributed by atoms with Crippen LogP contribution in [0.15, 0.2) is 54.6 Å². The molecular formula is C15H12N2O3. The molecule has 0 saturated carbocycles. The van der Waals surface area contributed by atoms with Gasteiger partial charge in [-0.3, -0.25) is 10.1 Å². The van der Waals surface area contributed by atoms with Gasteiger partial charge < -0.3 is 10.4 Å². The first kappa shape index (κ1) is 12.2. The van der Waals surface area contributed by atoms with Gasteiger partial charge in [-0.1, -0.05) is 42.5 Å². The summed E-state index contributed by atoms with van der Waals surface area (Å²) in [5.74, 6) is -0.425. The first-order valence-corrected chi connectivity index (χ1v) is 6.11. The van der Waals surface area contributed by atoms with Crippen LogP contribution in [0.25, 0.3) is 0 Å². The summed E-state index contributed by atoms with van der Waals surface area (Å²) in [6, 6.07) is 14.7. The summed E-state index contributed by atoms with van der Waals surface area (Å²) in [7, 11) is 0. The van der Waals surface area contributed by atoms with E-state index in [1.165, 1.54) is 12.1 Å². The Balaban J connectivity index is 2.24. The molecule has 3 amide bonds. The van der Waals surface area contributed by atoms with Gasteiger partial charge in [0, 0.05) is 0 Å². The molecule has 3 rings (SSSR count). The Morgan fingerprint density at radius 2 is 1.60 bits per heavy atom. The second-order valence-corrected chi connectivity index (χ2v) is 4.57. The summed E-state index contributed by atoms with van der Waals surface area (Å²) < 4.78 is 0. The molecule has 0 aliphatic carbocycles. The molecule has 20 heavy (non-hydrogen) atoms. The van der Waals surface area contributed by atoms with Crippen LogP contribution in [0.4, 0.5) is 4.79 Å². The van der Waals surface area contributed by atoms with Crippen molar-refractivity contribution in [3.8, 4) is 5.75 Å². The second-order valence-electron chi connectivity index (χ2n) is 4.57. The highest BCUT2D eigenvalue weighted by Gasteiger charge is 2.49. The Kier molecular flexibility index (Phi) is 2.68. The Morgan fingerprint density at radius 3 is 2.20 bits per heavy atom. The maximum absolute atomic E-state index is 12.3. The molecule has 1 fully saturated rings. The molecule has 5 nitrogen and oxygen atoms in total. The standard InChI is InChI=1S/C15H12N2O3/c18-12-8-4-7-11(9-12)15(10-5-2-1-3-6-10)13(19)16-14(20)17-15/h1-9,18H,(H2,16,17,19,20)/t15-/m0/s1. The van der Waals surface area contributed by atoms with Crippen molar-refractivity contribution < 1.29 is 14.7 Å². The lowest BCUT2D eigenvalue weighted by molar-refractivity contribution is -0.122. The molecule has 0 aromatic heterocycles. The fraction of sp³-hybridized carbons (Fsp3) is 0.0667. The van der Waals surface area contributed by atoms with E-state index in [0.29, 0.717) is 11.1 Å². The van der Waals surface area contributed by atoms with Crippen molar-refractivity contribution >= 4 is 11.9 Å². The van der Waals surface area contributed by atoms with E-state index in [9.17, 15) is 14.7 Å².